The molecule has 1 aliphatic carbocycles. The van der Waals surface area contributed by atoms with E-state index in [1.807, 2.05) is 6.92 Å². The second kappa shape index (κ2) is 5.78. The van der Waals surface area contributed by atoms with Gasteiger partial charge in [-0.15, -0.1) is 0 Å². The van der Waals surface area contributed by atoms with E-state index in [1.54, 1.807) is 0 Å². The average molecular weight is 264 g/mol. The van der Waals surface area contributed by atoms with Gasteiger partial charge in [0.15, 0.2) is 0 Å². The molecule has 2 atom stereocenters. The molecule has 1 saturated carbocycles. The van der Waals surface area contributed by atoms with Crippen LogP contribution >= 0.6 is 0 Å². The highest BCUT2D eigenvalue weighted by molar-refractivity contribution is 4.92. The molecular formula is C13H23F3N2. The molecule has 0 spiro atoms. The lowest BCUT2D eigenvalue weighted by Crippen LogP contribution is -2.39. The Morgan fingerprint density at radius 2 is 2.00 bits per heavy atom. The van der Waals surface area contributed by atoms with Crippen LogP contribution in [0, 0.1) is 0 Å². The summed E-state index contributed by atoms with van der Waals surface area (Å²) in [4.78, 5) is 2.51. The molecule has 1 aliphatic heterocycles. The lowest BCUT2D eigenvalue weighted by molar-refractivity contribution is -0.135. The second-order valence-electron chi connectivity index (χ2n) is 5.79. The minimum Gasteiger partial charge on any atom is -0.310 e. The predicted octanol–water partition coefficient (Wildman–Crippen LogP) is 2.93. The van der Waals surface area contributed by atoms with Gasteiger partial charge in [0.05, 0.1) is 0 Å². The van der Waals surface area contributed by atoms with Crippen LogP contribution in [0.3, 0.4) is 0 Å². The summed E-state index contributed by atoms with van der Waals surface area (Å²) < 4.78 is 36.1. The van der Waals surface area contributed by atoms with Gasteiger partial charge in [-0.3, -0.25) is 4.90 Å². The SMILES string of the molecule is CC(CCCC(F)(F)F)NC1CCN(C2CC2)C1. The maximum Gasteiger partial charge on any atom is 0.389 e. The molecule has 1 saturated heterocycles. The number of nitrogens with zero attached hydrogens (tertiary/aromatic N) is 1. The Morgan fingerprint density at radius 1 is 1.28 bits per heavy atom. The van der Waals surface area contributed by atoms with Gasteiger partial charge in [0.2, 0.25) is 0 Å². The number of nitrogens with one attached hydrogen (secondary N) is 1. The van der Waals surface area contributed by atoms with Crippen LogP contribution in [0.25, 0.3) is 0 Å². The van der Waals surface area contributed by atoms with Crippen LogP contribution in [0.5, 0.6) is 0 Å². The maximum atomic E-state index is 12.0. The van der Waals surface area contributed by atoms with Gasteiger partial charge < -0.3 is 5.32 Å². The molecule has 5 heteroatoms. The van der Waals surface area contributed by atoms with Crippen molar-refractivity contribution in [3.8, 4) is 0 Å². The van der Waals surface area contributed by atoms with Crippen molar-refractivity contribution in [2.45, 2.75) is 69.8 Å². The fourth-order valence-corrected chi connectivity index (χ4v) is 2.79. The van der Waals surface area contributed by atoms with Gasteiger partial charge in [-0.1, -0.05) is 0 Å². The minimum atomic E-state index is -4.00. The highest BCUT2D eigenvalue weighted by atomic mass is 19.4. The van der Waals surface area contributed by atoms with Crippen molar-refractivity contribution in [2.24, 2.45) is 0 Å². The molecule has 0 bridgehead atoms. The zero-order valence-corrected chi connectivity index (χ0v) is 11.0. The predicted molar refractivity (Wildman–Crippen MR) is 65.5 cm³/mol. The van der Waals surface area contributed by atoms with Gasteiger partial charge >= 0.3 is 6.18 Å². The molecule has 2 nitrogen and oxygen atoms in total. The first-order valence-corrected chi connectivity index (χ1v) is 7.01. The van der Waals surface area contributed by atoms with Gasteiger partial charge in [0.25, 0.3) is 0 Å². The number of hydrogen-bond acceptors (Lipinski definition) is 2. The molecule has 0 radical (unpaired) electrons. The van der Waals surface area contributed by atoms with Crippen molar-refractivity contribution in [3.05, 3.63) is 0 Å². The van der Waals surface area contributed by atoms with Crippen LogP contribution in [0.15, 0.2) is 0 Å². The quantitative estimate of drug-likeness (QED) is 0.793. The first kappa shape index (κ1) is 14.1. The van der Waals surface area contributed by atoms with Crippen LogP contribution in [0.4, 0.5) is 13.2 Å². The van der Waals surface area contributed by atoms with Crippen LogP contribution in [0.2, 0.25) is 0 Å². The van der Waals surface area contributed by atoms with E-state index in [2.05, 4.69) is 10.2 Å². The van der Waals surface area contributed by atoms with E-state index in [-0.39, 0.29) is 12.5 Å². The summed E-state index contributed by atoms with van der Waals surface area (Å²) in [5.41, 5.74) is 0. The van der Waals surface area contributed by atoms with E-state index in [0.717, 1.165) is 25.6 Å². The minimum absolute atomic E-state index is 0.191. The first-order chi connectivity index (χ1) is 8.44. The van der Waals surface area contributed by atoms with Crippen LogP contribution in [-0.2, 0) is 0 Å². The molecule has 2 unspecified atom stereocenters. The van der Waals surface area contributed by atoms with Crippen molar-refractivity contribution < 1.29 is 13.2 Å². The van der Waals surface area contributed by atoms with E-state index in [4.69, 9.17) is 0 Å². The summed E-state index contributed by atoms with van der Waals surface area (Å²) in [5, 5.41) is 3.47. The summed E-state index contributed by atoms with van der Waals surface area (Å²) in [6.45, 7) is 4.22. The van der Waals surface area contributed by atoms with Crippen molar-refractivity contribution in [3.63, 3.8) is 0 Å². The van der Waals surface area contributed by atoms with Crippen molar-refractivity contribution >= 4 is 0 Å². The Morgan fingerprint density at radius 3 is 2.61 bits per heavy atom. The van der Waals surface area contributed by atoms with Gasteiger partial charge in [-0.05, 0) is 39.0 Å². The van der Waals surface area contributed by atoms with Gasteiger partial charge in [0.1, 0.15) is 0 Å². The first-order valence-electron chi connectivity index (χ1n) is 7.01. The highest BCUT2D eigenvalue weighted by Crippen LogP contribution is 2.30. The van der Waals surface area contributed by atoms with Crippen LogP contribution < -0.4 is 5.32 Å². The normalized spacial score (nSPS) is 27.7. The molecule has 0 amide bonds. The van der Waals surface area contributed by atoms with Crippen molar-refractivity contribution in [1.82, 2.24) is 10.2 Å². The standard InChI is InChI=1S/C13H23F3N2/c1-10(3-2-7-13(14,15)16)17-11-6-8-18(9-11)12-4-5-12/h10-12,17H,2-9H2,1H3. The zero-order chi connectivity index (χ0) is 13.2. The van der Waals surface area contributed by atoms with Gasteiger partial charge in [-0.2, -0.15) is 13.2 Å². The topological polar surface area (TPSA) is 15.3 Å². The molecule has 1 heterocycles. The third-order valence-electron chi connectivity index (χ3n) is 3.90. The van der Waals surface area contributed by atoms with Gasteiger partial charge in [-0.25, -0.2) is 0 Å². The van der Waals surface area contributed by atoms with Gasteiger partial charge in [0, 0.05) is 37.6 Å². The Labute approximate surface area is 107 Å². The molecule has 0 aromatic heterocycles. The number of hydrogen-bond donors (Lipinski definition) is 1. The monoisotopic (exact) mass is 264 g/mol. The van der Waals surface area contributed by atoms with Crippen LogP contribution in [0.1, 0.15) is 45.4 Å². The molecule has 106 valence electrons. The number of alkyl halides is 3. The van der Waals surface area contributed by atoms with Crippen LogP contribution in [-0.4, -0.2) is 42.3 Å². The lowest BCUT2D eigenvalue weighted by atomic mass is 10.1. The van der Waals surface area contributed by atoms with E-state index in [1.165, 1.54) is 12.8 Å². The fourth-order valence-electron chi connectivity index (χ4n) is 2.79. The Kier molecular flexibility index (Phi) is 4.54. The van der Waals surface area contributed by atoms with Crippen molar-refractivity contribution in [1.29, 1.82) is 0 Å². The molecular weight excluding hydrogens is 241 g/mol. The zero-order valence-electron chi connectivity index (χ0n) is 11.0. The smallest absolute Gasteiger partial charge is 0.310 e. The molecule has 2 rings (SSSR count). The molecule has 2 aliphatic rings. The summed E-state index contributed by atoms with van der Waals surface area (Å²) in [6, 6.07) is 1.47. The highest BCUT2D eigenvalue weighted by Gasteiger charge is 2.34. The summed E-state index contributed by atoms with van der Waals surface area (Å²) >= 11 is 0. The molecule has 2 fully saturated rings. The third-order valence-corrected chi connectivity index (χ3v) is 3.90. The van der Waals surface area contributed by atoms with Crippen molar-refractivity contribution in [2.75, 3.05) is 13.1 Å². The van der Waals surface area contributed by atoms with E-state index in [9.17, 15) is 13.2 Å². The maximum absolute atomic E-state index is 12.0. The van der Waals surface area contributed by atoms with E-state index >= 15 is 0 Å². The molecule has 0 aromatic carbocycles. The third kappa shape index (κ3) is 4.76. The Bertz CT molecular complexity index is 263. The summed E-state index contributed by atoms with van der Waals surface area (Å²) in [6.07, 6.45) is -0.0221. The molecule has 18 heavy (non-hydrogen) atoms. The lowest BCUT2D eigenvalue weighted by Gasteiger charge is -2.20. The Hall–Kier alpha value is -0.290. The van der Waals surface area contributed by atoms with E-state index in [0.29, 0.717) is 12.5 Å². The average Bonchev–Trinajstić information content (AvgIpc) is 2.99. The Balaban J connectivity index is 1.58. The van der Waals surface area contributed by atoms with E-state index < -0.39 is 12.6 Å². The number of halogens is 3. The fraction of sp³-hybridized carbons (Fsp3) is 1.00. The summed E-state index contributed by atoms with van der Waals surface area (Å²) in [5.74, 6) is 0. The number of rotatable bonds is 6. The second-order valence-corrected chi connectivity index (χ2v) is 5.79. The molecule has 1 N–H and O–H groups in total. The summed E-state index contributed by atoms with van der Waals surface area (Å²) in [7, 11) is 0. The molecule has 0 aromatic rings. The number of likely N-dealkylation sites (tertiary alicyclic amines) is 1. The largest absolute Gasteiger partial charge is 0.389 e.